The van der Waals surface area contributed by atoms with Gasteiger partial charge in [0.05, 0.1) is 11.3 Å². The molecule has 0 fully saturated rings. The highest BCUT2D eigenvalue weighted by Crippen LogP contribution is 2.27. The zero-order valence-corrected chi connectivity index (χ0v) is 14.7. The molecule has 0 atom stereocenters. The fourth-order valence-corrected chi connectivity index (χ4v) is 2.07. The molecule has 0 bridgehead atoms. The van der Waals surface area contributed by atoms with Crippen LogP contribution in [-0.4, -0.2) is 13.0 Å². The van der Waals surface area contributed by atoms with E-state index in [9.17, 15) is 4.79 Å². The topological polar surface area (TPSA) is 62.1 Å². The number of anilines is 1. The lowest BCUT2D eigenvalue weighted by Gasteiger charge is -2.18. The molecule has 2 aromatic carbocycles. The SMILES string of the molecule is CC(C)(C)c1ccccc1.CCNc1c(C#N)cccc1OC=O. The van der Waals surface area contributed by atoms with Crippen LogP contribution in [0.25, 0.3) is 0 Å². The molecule has 0 saturated heterocycles. The first kappa shape index (κ1) is 19.2. The van der Waals surface area contributed by atoms with Crippen molar-refractivity contribution in [2.45, 2.75) is 33.1 Å². The number of hydrogen-bond donors (Lipinski definition) is 1. The van der Waals surface area contributed by atoms with Crippen molar-refractivity contribution in [1.82, 2.24) is 0 Å². The van der Waals surface area contributed by atoms with E-state index in [-0.39, 0.29) is 0 Å². The van der Waals surface area contributed by atoms with E-state index in [4.69, 9.17) is 10.00 Å². The van der Waals surface area contributed by atoms with Crippen LogP contribution in [0.3, 0.4) is 0 Å². The highest BCUT2D eigenvalue weighted by molar-refractivity contribution is 5.68. The molecule has 24 heavy (non-hydrogen) atoms. The van der Waals surface area contributed by atoms with Crippen LogP contribution in [0.15, 0.2) is 48.5 Å². The molecule has 0 aliphatic rings. The summed E-state index contributed by atoms with van der Waals surface area (Å²) in [6.07, 6.45) is 0. The quantitative estimate of drug-likeness (QED) is 0.841. The van der Waals surface area contributed by atoms with Gasteiger partial charge in [0.2, 0.25) is 0 Å². The summed E-state index contributed by atoms with van der Waals surface area (Å²) in [5.74, 6) is 0.376. The van der Waals surface area contributed by atoms with Gasteiger partial charge in [0.25, 0.3) is 6.47 Å². The number of nitrogens with zero attached hydrogens (tertiary/aromatic N) is 1. The van der Waals surface area contributed by atoms with Crippen LogP contribution in [0.1, 0.15) is 38.8 Å². The van der Waals surface area contributed by atoms with E-state index < -0.39 is 0 Å². The molecule has 0 aromatic heterocycles. The van der Waals surface area contributed by atoms with Gasteiger partial charge in [0.15, 0.2) is 5.75 Å². The van der Waals surface area contributed by atoms with E-state index in [1.54, 1.807) is 18.2 Å². The van der Waals surface area contributed by atoms with Crippen LogP contribution in [0.5, 0.6) is 5.75 Å². The molecule has 0 saturated carbocycles. The first-order chi connectivity index (χ1) is 11.4. The Labute approximate surface area is 144 Å². The molecule has 2 aromatic rings. The summed E-state index contributed by atoms with van der Waals surface area (Å²) in [7, 11) is 0. The van der Waals surface area contributed by atoms with Crippen LogP contribution >= 0.6 is 0 Å². The van der Waals surface area contributed by atoms with Gasteiger partial charge in [-0.15, -0.1) is 0 Å². The van der Waals surface area contributed by atoms with Crippen LogP contribution < -0.4 is 10.1 Å². The molecule has 0 radical (unpaired) electrons. The van der Waals surface area contributed by atoms with E-state index in [0.29, 0.717) is 35.4 Å². The summed E-state index contributed by atoms with van der Waals surface area (Å²) in [6.45, 7) is 9.58. The third kappa shape index (κ3) is 5.77. The highest BCUT2D eigenvalue weighted by atomic mass is 16.5. The molecular weight excluding hydrogens is 300 g/mol. The van der Waals surface area contributed by atoms with Crippen molar-refractivity contribution >= 4 is 12.2 Å². The van der Waals surface area contributed by atoms with Gasteiger partial charge >= 0.3 is 0 Å². The molecular formula is C20H24N2O2. The van der Waals surface area contributed by atoms with Crippen molar-refractivity contribution in [3.8, 4) is 11.8 Å². The number of benzene rings is 2. The van der Waals surface area contributed by atoms with Crippen LogP contribution in [0, 0.1) is 11.3 Å². The third-order valence-electron chi connectivity index (χ3n) is 3.32. The number of carbonyl (C=O) groups excluding carboxylic acids is 1. The maximum absolute atomic E-state index is 10.2. The van der Waals surface area contributed by atoms with E-state index in [2.05, 4.69) is 56.4 Å². The molecule has 4 heteroatoms. The number of carbonyl (C=O) groups is 1. The van der Waals surface area contributed by atoms with E-state index in [1.165, 1.54) is 5.56 Å². The van der Waals surface area contributed by atoms with Crippen LogP contribution in [-0.2, 0) is 10.2 Å². The second-order valence-corrected chi connectivity index (χ2v) is 6.15. The second-order valence-electron chi connectivity index (χ2n) is 6.15. The Hall–Kier alpha value is -2.80. The van der Waals surface area contributed by atoms with Crippen molar-refractivity contribution in [1.29, 1.82) is 5.26 Å². The number of rotatable bonds is 4. The Bertz CT molecular complexity index is 683. The van der Waals surface area contributed by atoms with Crippen LogP contribution in [0.4, 0.5) is 5.69 Å². The largest absolute Gasteiger partial charge is 0.426 e. The summed E-state index contributed by atoms with van der Waals surface area (Å²) in [5, 5.41) is 11.8. The van der Waals surface area contributed by atoms with Crippen molar-refractivity contribution in [3.63, 3.8) is 0 Å². The first-order valence-corrected chi connectivity index (χ1v) is 7.86. The fraction of sp³-hybridized carbons (Fsp3) is 0.300. The lowest BCUT2D eigenvalue weighted by molar-refractivity contribution is -0.120. The fourth-order valence-electron chi connectivity index (χ4n) is 2.07. The number of ether oxygens (including phenoxy) is 1. The van der Waals surface area contributed by atoms with Crippen molar-refractivity contribution in [2.24, 2.45) is 0 Å². The zero-order valence-electron chi connectivity index (χ0n) is 14.7. The maximum Gasteiger partial charge on any atom is 0.298 e. The standard InChI is InChI=1S/C10H10N2O2.C10H14/c1-2-12-10-8(6-11)4-3-5-9(10)14-7-13;1-10(2,3)9-7-5-4-6-8-9/h3-5,7,12H,2H2,1H3;4-8H,1-3H3. The minimum atomic E-state index is 0.293. The second kappa shape index (κ2) is 9.36. The minimum Gasteiger partial charge on any atom is -0.426 e. The summed E-state index contributed by atoms with van der Waals surface area (Å²) in [5.41, 5.74) is 2.71. The molecule has 1 N–H and O–H groups in total. The van der Waals surface area contributed by atoms with Gasteiger partial charge in [-0.3, -0.25) is 4.79 Å². The van der Waals surface area contributed by atoms with Gasteiger partial charge in [-0.2, -0.15) is 5.26 Å². The van der Waals surface area contributed by atoms with Gasteiger partial charge in [0, 0.05) is 6.54 Å². The molecule has 0 unspecified atom stereocenters. The van der Waals surface area contributed by atoms with Gasteiger partial charge in [-0.1, -0.05) is 57.2 Å². The predicted octanol–water partition coefficient (Wildman–Crippen LogP) is 4.51. The summed E-state index contributed by atoms with van der Waals surface area (Å²) >= 11 is 0. The van der Waals surface area contributed by atoms with Gasteiger partial charge in [-0.25, -0.2) is 0 Å². The lowest BCUT2D eigenvalue weighted by atomic mass is 9.87. The molecule has 126 valence electrons. The molecule has 0 spiro atoms. The molecule has 0 heterocycles. The molecule has 0 aliphatic carbocycles. The Morgan fingerprint density at radius 3 is 2.25 bits per heavy atom. The summed E-state index contributed by atoms with van der Waals surface area (Å²) < 4.78 is 4.74. The minimum absolute atomic E-state index is 0.293. The number of nitriles is 1. The zero-order chi connectivity index (χ0) is 18.0. The molecule has 0 amide bonds. The number of para-hydroxylation sites is 1. The normalized spacial score (nSPS) is 9.96. The van der Waals surface area contributed by atoms with E-state index >= 15 is 0 Å². The van der Waals surface area contributed by atoms with Crippen molar-refractivity contribution < 1.29 is 9.53 Å². The van der Waals surface area contributed by atoms with Crippen molar-refractivity contribution in [2.75, 3.05) is 11.9 Å². The van der Waals surface area contributed by atoms with E-state index in [0.717, 1.165) is 0 Å². The molecule has 0 aliphatic heterocycles. The average Bonchev–Trinajstić information content (AvgIpc) is 2.57. The lowest BCUT2D eigenvalue weighted by Crippen LogP contribution is -2.10. The summed E-state index contributed by atoms with van der Waals surface area (Å²) in [4.78, 5) is 10.2. The van der Waals surface area contributed by atoms with Gasteiger partial charge in [0.1, 0.15) is 6.07 Å². The molecule has 2 rings (SSSR count). The smallest absolute Gasteiger partial charge is 0.298 e. The predicted molar refractivity (Wildman–Crippen MR) is 97.2 cm³/mol. The van der Waals surface area contributed by atoms with Crippen LogP contribution in [0.2, 0.25) is 0 Å². The Kier molecular flexibility index (Phi) is 7.51. The first-order valence-electron chi connectivity index (χ1n) is 7.86. The van der Waals surface area contributed by atoms with Crippen molar-refractivity contribution in [3.05, 3.63) is 59.7 Å². The van der Waals surface area contributed by atoms with Gasteiger partial charge in [-0.05, 0) is 30.0 Å². The Morgan fingerprint density at radius 2 is 1.79 bits per heavy atom. The van der Waals surface area contributed by atoms with Gasteiger partial charge < -0.3 is 10.1 Å². The third-order valence-corrected chi connectivity index (χ3v) is 3.32. The summed E-state index contributed by atoms with van der Waals surface area (Å²) in [6, 6.07) is 17.5. The number of hydrogen-bond acceptors (Lipinski definition) is 4. The number of nitrogens with one attached hydrogen (secondary N) is 1. The molecule has 4 nitrogen and oxygen atoms in total. The van der Waals surface area contributed by atoms with E-state index in [1.807, 2.05) is 13.0 Å². The Balaban J connectivity index is 0.000000254. The highest BCUT2D eigenvalue weighted by Gasteiger charge is 2.11. The Morgan fingerprint density at radius 1 is 1.12 bits per heavy atom. The monoisotopic (exact) mass is 324 g/mol. The average molecular weight is 324 g/mol. The maximum atomic E-state index is 10.2.